The van der Waals surface area contributed by atoms with Crippen molar-refractivity contribution in [3.05, 3.63) is 36.5 Å². The molecule has 2 aliphatic heterocycles. The van der Waals surface area contributed by atoms with E-state index in [1.54, 1.807) is 6.08 Å². The molecule has 0 radical (unpaired) electrons. The van der Waals surface area contributed by atoms with Crippen LogP contribution in [0.4, 0.5) is 0 Å². The number of hydrogen-bond acceptors (Lipinski definition) is 13. The Labute approximate surface area is 391 Å². The zero-order valence-corrected chi connectivity index (χ0v) is 40.2. The maximum atomic E-state index is 11.9. The zero-order valence-electron chi connectivity index (χ0n) is 40.2. The van der Waals surface area contributed by atoms with Crippen molar-refractivity contribution in [2.45, 2.75) is 261 Å². The van der Waals surface area contributed by atoms with E-state index in [9.17, 15) is 45.6 Å². The van der Waals surface area contributed by atoms with E-state index in [0.29, 0.717) is 6.42 Å². The molecule has 2 rings (SSSR count). The van der Waals surface area contributed by atoms with Crippen LogP contribution in [0.25, 0.3) is 0 Å². The average molecular weight is 928 g/mol. The Morgan fingerprint density at radius 2 is 0.954 bits per heavy atom. The number of nitrogens with one attached hydrogen (secondary N) is 1. The van der Waals surface area contributed by atoms with Crippen LogP contribution in [-0.4, -0.2) is 140 Å². The summed E-state index contributed by atoms with van der Waals surface area (Å²) in [6, 6.07) is -0.937. The van der Waals surface area contributed by atoms with Gasteiger partial charge >= 0.3 is 0 Å². The van der Waals surface area contributed by atoms with Gasteiger partial charge in [0, 0.05) is 6.92 Å². The highest BCUT2D eigenvalue weighted by atomic mass is 16.7. The molecule has 0 aromatic carbocycles. The van der Waals surface area contributed by atoms with Gasteiger partial charge in [0.1, 0.15) is 48.8 Å². The van der Waals surface area contributed by atoms with Crippen LogP contribution in [0.5, 0.6) is 0 Å². The molecule has 14 heteroatoms. The van der Waals surface area contributed by atoms with Gasteiger partial charge in [-0.05, 0) is 38.5 Å². The second-order valence-corrected chi connectivity index (χ2v) is 18.4. The Balaban J connectivity index is 1.50. The molecule has 380 valence electrons. The molecule has 0 aromatic heterocycles. The Morgan fingerprint density at radius 1 is 0.538 bits per heavy atom. The van der Waals surface area contributed by atoms with Crippen molar-refractivity contribution >= 4 is 5.91 Å². The Bertz CT molecular complexity index is 1230. The van der Waals surface area contributed by atoms with Crippen LogP contribution in [0.3, 0.4) is 0 Å². The van der Waals surface area contributed by atoms with E-state index in [4.69, 9.17) is 18.9 Å². The monoisotopic (exact) mass is 928 g/mol. The van der Waals surface area contributed by atoms with Crippen molar-refractivity contribution in [3.8, 4) is 0 Å². The molecule has 9 N–H and O–H groups in total. The quantitative estimate of drug-likeness (QED) is 0.0231. The molecule has 2 saturated heterocycles. The number of aliphatic hydroxyl groups excluding tert-OH is 8. The van der Waals surface area contributed by atoms with Crippen LogP contribution >= 0.6 is 0 Å². The maximum absolute atomic E-state index is 11.9. The van der Waals surface area contributed by atoms with Gasteiger partial charge < -0.3 is 65.1 Å². The van der Waals surface area contributed by atoms with Crippen LogP contribution in [-0.2, 0) is 23.7 Å². The van der Waals surface area contributed by atoms with Gasteiger partial charge in [-0.15, -0.1) is 0 Å². The van der Waals surface area contributed by atoms with Crippen molar-refractivity contribution < 1.29 is 64.6 Å². The number of carbonyl (C=O) groups excluding carboxylic acids is 1. The lowest BCUT2D eigenvalue weighted by atomic mass is 9.97. The molecule has 0 bridgehead atoms. The second kappa shape index (κ2) is 38.1. The molecule has 12 atom stereocenters. The second-order valence-electron chi connectivity index (χ2n) is 18.4. The Kier molecular flexibility index (Phi) is 34.8. The van der Waals surface area contributed by atoms with Crippen LogP contribution in [0.2, 0.25) is 0 Å². The summed E-state index contributed by atoms with van der Waals surface area (Å²) in [7, 11) is 0. The summed E-state index contributed by atoms with van der Waals surface area (Å²) in [5.41, 5.74) is 0. The number of rotatable bonds is 39. The maximum Gasteiger partial charge on any atom is 0.217 e. The SMILES string of the molecule is CCCCCCCCCCCCCCCCCCCCCCCC/C=C/CC/C=C/CC/C=C/C(O)C(COC1OC(CO)C(OC2OC(CO)C(O)C(O)C2O)C(O)C1O)NC(C)=O. The fourth-order valence-corrected chi connectivity index (χ4v) is 8.48. The summed E-state index contributed by atoms with van der Waals surface area (Å²) in [5.74, 6) is -0.430. The normalized spacial score (nSPS) is 27.3. The summed E-state index contributed by atoms with van der Waals surface area (Å²) >= 11 is 0. The van der Waals surface area contributed by atoms with Crippen molar-refractivity contribution in [3.63, 3.8) is 0 Å². The zero-order chi connectivity index (χ0) is 47.5. The number of allylic oxidation sites excluding steroid dienone is 5. The van der Waals surface area contributed by atoms with Crippen molar-refractivity contribution in [1.29, 1.82) is 0 Å². The third-order valence-electron chi connectivity index (χ3n) is 12.6. The predicted octanol–water partition coefficient (Wildman–Crippen LogP) is 6.71. The number of amides is 1. The van der Waals surface area contributed by atoms with Crippen LogP contribution < -0.4 is 5.32 Å². The molecule has 0 aliphatic carbocycles. The lowest BCUT2D eigenvalue weighted by molar-refractivity contribution is -0.359. The largest absolute Gasteiger partial charge is 0.394 e. The third kappa shape index (κ3) is 26.0. The van der Waals surface area contributed by atoms with Gasteiger partial charge in [-0.3, -0.25) is 4.79 Å². The van der Waals surface area contributed by atoms with Gasteiger partial charge in [-0.2, -0.15) is 0 Å². The first-order chi connectivity index (χ1) is 31.5. The number of ether oxygens (including phenoxy) is 4. The smallest absolute Gasteiger partial charge is 0.217 e. The molecule has 2 aliphatic rings. The minimum absolute atomic E-state index is 0.330. The van der Waals surface area contributed by atoms with Gasteiger partial charge in [0.25, 0.3) is 0 Å². The first-order valence-electron chi connectivity index (χ1n) is 25.7. The molecule has 1 amide bonds. The van der Waals surface area contributed by atoms with E-state index in [1.165, 1.54) is 148 Å². The molecular weight excluding hydrogens is 835 g/mol. The molecule has 0 spiro atoms. The fraction of sp³-hybridized carbons (Fsp3) is 0.863. The summed E-state index contributed by atoms with van der Waals surface area (Å²) in [4.78, 5) is 11.9. The summed E-state index contributed by atoms with van der Waals surface area (Å²) in [5, 5.41) is 85.0. The van der Waals surface area contributed by atoms with Gasteiger partial charge in [0.05, 0.1) is 32.0 Å². The molecule has 2 heterocycles. The third-order valence-corrected chi connectivity index (χ3v) is 12.6. The average Bonchev–Trinajstić information content (AvgIpc) is 3.29. The Hall–Kier alpha value is -1.79. The van der Waals surface area contributed by atoms with Gasteiger partial charge in [-0.25, -0.2) is 0 Å². The molecule has 65 heavy (non-hydrogen) atoms. The first kappa shape index (κ1) is 59.3. The summed E-state index contributed by atoms with van der Waals surface area (Å²) in [6.07, 6.45) is 30.6. The van der Waals surface area contributed by atoms with Crippen LogP contribution in [0, 0.1) is 0 Å². The first-order valence-corrected chi connectivity index (χ1v) is 25.7. The van der Waals surface area contributed by atoms with Gasteiger partial charge in [0.2, 0.25) is 5.91 Å². The summed E-state index contributed by atoms with van der Waals surface area (Å²) < 4.78 is 22.2. The Morgan fingerprint density at radius 3 is 1.42 bits per heavy atom. The van der Waals surface area contributed by atoms with E-state index in [2.05, 4.69) is 36.5 Å². The van der Waals surface area contributed by atoms with E-state index >= 15 is 0 Å². The predicted molar refractivity (Wildman–Crippen MR) is 254 cm³/mol. The minimum atomic E-state index is -1.79. The molecule has 0 saturated carbocycles. The number of aliphatic hydroxyl groups is 8. The topological polar surface area (TPSA) is 228 Å². The molecule has 12 unspecified atom stereocenters. The highest BCUT2D eigenvalue weighted by Gasteiger charge is 2.50. The van der Waals surface area contributed by atoms with Crippen molar-refractivity contribution in [2.24, 2.45) is 0 Å². The standard InChI is InChI=1S/C51H93NO13/c1-3-4-5-6-7-8-9-10-11-12-13-14-15-16-17-18-19-20-21-22-23-24-25-26-27-28-29-30-31-32-33-34-35-41(56)40(52-39(2)55)38-62-50-48(61)46(59)49(43(37-54)64-50)65-51-47(60)45(58)44(57)42(36-53)63-51/h26-27,30-31,34-35,40-51,53-54,56-61H,3-25,28-29,32-33,36-38H2,1-2H3,(H,52,55)/b27-26+,31-30+,35-34+. The molecule has 0 aromatic rings. The van der Waals surface area contributed by atoms with Crippen LogP contribution in [0.1, 0.15) is 187 Å². The number of carbonyl (C=O) groups is 1. The van der Waals surface area contributed by atoms with Gasteiger partial charge in [0.15, 0.2) is 12.6 Å². The van der Waals surface area contributed by atoms with Gasteiger partial charge in [-0.1, -0.05) is 178 Å². The number of unbranched alkanes of at least 4 members (excludes halogenated alkanes) is 24. The lowest BCUT2D eigenvalue weighted by Gasteiger charge is -2.46. The lowest BCUT2D eigenvalue weighted by Crippen LogP contribution is -2.65. The highest BCUT2D eigenvalue weighted by molar-refractivity contribution is 5.73. The molecule has 14 nitrogen and oxygen atoms in total. The molecule has 2 fully saturated rings. The van der Waals surface area contributed by atoms with Crippen molar-refractivity contribution in [1.82, 2.24) is 5.32 Å². The highest BCUT2D eigenvalue weighted by Crippen LogP contribution is 2.30. The number of hydrogen-bond donors (Lipinski definition) is 9. The van der Waals surface area contributed by atoms with E-state index in [0.717, 1.165) is 25.7 Å². The van der Waals surface area contributed by atoms with E-state index in [-0.39, 0.29) is 6.61 Å². The summed E-state index contributed by atoms with van der Waals surface area (Å²) in [6.45, 7) is 1.81. The molecular formula is C51H93NO13. The van der Waals surface area contributed by atoms with E-state index < -0.39 is 92.7 Å². The fourth-order valence-electron chi connectivity index (χ4n) is 8.48. The minimum Gasteiger partial charge on any atom is -0.394 e. The van der Waals surface area contributed by atoms with E-state index in [1.807, 2.05) is 6.08 Å². The van der Waals surface area contributed by atoms with Crippen molar-refractivity contribution in [2.75, 3.05) is 19.8 Å². The van der Waals surface area contributed by atoms with Crippen LogP contribution in [0.15, 0.2) is 36.5 Å².